The molecule has 1 unspecified atom stereocenters. The molecule has 0 fully saturated rings. The van der Waals surface area contributed by atoms with Gasteiger partial charge >= 0.3 is 0 Å². The summed E-state index contributed by atoms with van der Waals surface area (Å²) < 4.78 is 7.25. The van der Waals surface area contributed by atoms with Crippen molar-refractivity contribution in [1.82, 2.24) is 9.78 Å². The van der Waals surface area contributed by atoms with E-state index in [9.17, 15) is 0 Å². The number of anilines is 1. The predicted octanol–water partition coefficient (Wildman–Crippen LogP) is 3.90. The molecule has 3 rings (SSSR count). The van der Waals surface area contributed by atoms with Gasteiger partial charge in [0.15, 0.2) is 0 Å². The van der Waals surface area contributed by atoms with E-state index in [1.165, 1.54) is 0 Å². The summed E-state index contributed by atoms with van der Waals surface area (Å²) in [5.41, 5.74) is 2.15. The Morgan fingerprint density at radius 2 is 2.10 bits per heavy atom. The lowest BCUT2D eigenvalue weighted by Crippen LogP contribution is -2.17. The molecule has 21 heavy (non-hydrogen) atoms. The average Bonchev–Trinajstić information content (AvgIpc) is 3.19. The molecule has 4 heteroatoms. The maximum Gasteiger partial charge on any atom is 0.103 e. The zero-order valence-electron chi connectivity index (χ0n) is 12.1. The molecule has 108 valence electrons. The molecule has 1 N–H and O–H groups in total. The number of furan rings is 1. The van der Waals surface area contributed by atoms with Gasteiger partial charge in [-0.25, -0.2) is 4.68 Å². The molecule has 0 radical (unpaired) electrons. The van der Waals surface area contributed by atoms with E-state index >= 15 is 0 Å². The van der Waals surface area contributed by atoms with Crippen LogP contribution in [0.1, 0.15) is 19.1 Å². The number of rotatable bonds is 6. The average molecular weight is 281 g/mol. The summed E-state index contributed by atoms with van der Waals surface area (Å²) in [6.07, 6.45) is 7.41. The third-order valence-corrected chi connectivity index (χ3v) is 3.46. The van der Waals surface area contributed by atoms with Crippen molar-refractivity contribution in [3.8, 4) is 5.69 Å². The normalized spacial score (nSPS) is 12.2. The molecule has 0 saturated carbocycles. The van der Waals surface area contributed by atoms with E-state index in [4.69, 9.17) is 4.42 Å². The van der Waals surface area contributed by atoms with Gasteiger partial charge in [-0.1, -0.05) is 12.1 Å². The van der Waals surface area contributed by atoms with Crippen molar-refractivity contribution in [3.63, 3.8) is 0 Å². The second-order valence-electron chi connectivity index (χ2n) is 5.13. The third kappa shape index (κ3) is 3.34. The molecule has 2 heterocycles. The zero-order chi connectivity index (χ0) is 14.5. The quantitative estimate of drug-likeness (QED) is 0.745. The summed E-state index contributed by atoms with van der Waals surface area (Å²) in [6.45, 7) is 2.18. The summed E-state index contributed by atoms with van der Waals surface area (Å²) >= 11 is 0. The van der Waals surface area contributed by atoms with Crippen LogP contribution in [0.3, 0.4) is 0 Å². The topological polar surface area (TPSA) is 43.0 Å². The van der Waals surface area contributed by atoms with Crippen molar-refractivity contribution in [2.45, 2.75) is 25.8 Å². The third-order valence-electron chi connectivity index (χ3n) is 3.46. The minimum absolute atomic E-state index is 0.354. The fourth-order valence-electron chi connectivity index (χ4n) is 2.36. The molecule has 0 spiro atoms. The van der Waals surface area contributed by atoms with Gasteiger partial charge in [0.25, 0.3) is 0 Å². The highest BCUT2D eigenvalue weighted by molar-refractivity contribution is 5.60. The Hall–Kier alpha value is -2.49. The number of aromatic nitrogens is 2. The van der Waals surface area contributed by atoms with Gasteiger partial charge in [0.2, 0.25) is 0 Å². The largest absolute Gasteiger partial charge is 0.469 e. The Kier molecular flexibility index (Phi) is 4.05. The van der Waals surface area contributed by atoms with Crippen LogP contribution in [0.15, 0.2) is 65.5 Å². The SMILES string of the molecule is CC(CCc1ccco1)Nc1ccccc1-n1cccn1. The Morgan fingerprint density at radius 3 is 2.86 bits per heavy atom. The Balaban J connectivity index is 1.67. The Labute approximate surface area is 124 Å². The molecule has 4 nitrogen and oxygen atoms in total. The Morgan fingerprint density at radius 1 is 1.19 bits per heavy atom. The van der Waals surface area contributed by atoms with Gasteiger partial charge in [-0.3, -0.25) is 0 Å². The number of nitrogens with one attached hydrogen (secondary N) is 1. The number of para-hydroxylation sites is 2. The first kappa shape index (κ1) is 13.5. The van der Waals surface area contributed by atoms with Crippen LogP contribution >= 0.6 is 0 Å². The molecule has 2 aromatic heterocycles. The fourth-order valence-corrected chi connectivity index (χ4v) is 2.36. The van der Waals surface area contributed by atoms with Gasteiger partial charge in [-0.2, -0.15) is 5.10 Å². The van der Waals surface area contributed by atoms with E-state index in [-0.39, 0.29) is 0 Å². The Bertz CT molecular complexity index is 659. The lowest BCUT2D eigenvalue weighted by Gasteiger charge is -2.17. The van der Waals surface area contributed by atoms with E-state index < -0.39 is 0 Å². The maximum absolute atomic E-state index is 5.37. The standard InChI is InChI=1S/C17H19N3O/c1-14(9-10-15-6-4-13-21-15)19-16-7-2-3-8-17(16)20-12-5-11-18-20/h2-8,11-14,19H,9-10H2,1H3. The minimum atomic E-state index is 0.354. The van der Waals surface area contributed by atoms with Gasteiger partial charge in [0.05, 0.1) is 17.6 Å². The molecule has 0 saturated heterocycles. The van der Waals surface area contributed by atoms with Gasteiger partial charge < -0.3 is 9.73 Å². The van der Waals surface area contributed by atoms with Crippen LogP contribution in [-0.4, -0.2) is 15.8 Å². The van der Waals surface area contributed by atoms with Crippen LogP contribution in [0.25, 0.3) is 5.69 Å². The van der Waals surface area contributed by atoms with Crippen LogP contribution in [0.5, 0.6) is 0 Å². The van der Waals surface area contributed by atoms with Crippen LogP contribution in [0.4, 0.5) is 5.69 Å². The van der Waals surface area contributed by atoms with Crippen LogP contribution in [0.2, 0.25) is 0 Å². The molecular formula is C17H19N3O. The lowest BCUT2D eigenvalue weighted by atomic mass is 10.1. The molecule has 0 bridgehead atoms. The number of benzene rings is 1. The van der Waals surface area contributed by atoms with Crippen molar-refractivity contribution >= 4 is 5.69 Å². The first-order chi connectivity index (χ1) is 10.3. The van der Waals surface area contributed by atoms with Crippen molar-refractivity contribution in [2.24, 2.45) is 0 Å². The maximum atomic E-state index is 5.37. The van der Waals surface area contributed by atoms with E-state index in [1.54, 1.807) is 12.5 Å². The van der Waals surface area contributed by atoms with Gasteiger partial charge in [-0.15, -0.1) is 0 Å². The highest BCUT2D eigenvalue weighted by Gasteiger charge is 2.08. The van der Waals surface area contributed by atoms with E-state index in [0.717, 1.165) is 30.0 Å². The molecule has 1 aromatic carbocycles. The van der Waals surface area contributed by atoms with Crippen molar-refractivity contribution < 1.29 is 4.42 Å². The molecule has 0 aliphatic heterocycles. The highest BCUT2D eigenvalue weighted by atomic mass is 16.3. The second kappa shape index (κ2) is 6.31. The highest BCUT2D eigenvalue weighted by Crippen LogP contribution is 2.20. The summed E-state index contributed by atoms with van der Waals surface area (Å²) in [7, 11) is 0. The summed E-state index contributed by atoms with van der Waals surface area (Å²) in [6, 6.07) is 14.4. The number of hydrogen-bond donors (Lipinski definition) is 1. The molecule has 1 atom stereocenters. The molecule has 0 aliphatic rings. The van der Waals surface area contributed by atoms with Crippen molar-refractivity contribution in [1.29, 1.82) is 0 Å². The minimum Gasteiger partial charge on any atom is -0.469 e. The first-order valence-corrected chi connectivity index (χ1v) is 7.21. The summed E-state index contributed by atoms with van der Waals surface area (Å²) in [5, 5.41) is 7.86. The lowest BCUT2D eigenvalue weighted by molar-refractivity contribution is 0.495. The van der Waals surface area contributed by atoms with E-state index in [0.29, 0.717) is 6.04 Å². The van der Waals surface area contributed by atoms with Gasteiger partial charge in [0.1, 0.15) is 5.76 Å². The van der Waals surface area contributed by atoms with E-state index in [1.807, 2.05) is 41.2 Å². The second-order valence-corrected chi connectivity index (χ2v) is 5.13. The van der Waals surface area contributed by atoms with Gasteiger partial charge in [-0.05, 0) is 43.7 Å². The van der Waals surface area contributed by atoms with Crippen LogP contribution < -0.4 is 5.32 Å². The van der Waals surface area contributed by atoms with Crippen LogP contribution in [-0.2, 0) is 6.42 Å². The molecular weight excluding hydrogens is 262 g/mol. The smallest absolute Gasteiger partial charge is 0.103 e. The zero-order valence-corrected chi connectivity index (χ0v) is 12.1. The predicted molar refractivity (Wildman–Crippen MR) is 83.7 cm³/mol. The van der Waals surface area contributed by atoms with Crippen molar-refractivity contribution in [2.75, 3.05) is 5.32 Å². The van der Waals surface area contributed by atoms with E-state index in [2.05, 4.69) is 29.5 Å². The number of nitrogens with zero attached hydrogens (tertiary/aromatic N) is 2. The fraction of sp³-hybridized carbons (Fsp3) is 0.235. The molecule has 0 aliphatic carbocycles. The van der Waals surface area contributed by atoms with Gasteiger partial charge in [0, 0.05) is 24.9 Å². The first-order valence-electron chi connectivity index (χ1n) is 7.21. The number of aryl methyl sites for hydroxylation is 1. The number of hydrogen-bond acceptors (Lipinski definition) is 3. The summed E-state index contributed by atoms with van der Waals surface area (Å²) in [5.74, 6) is 1.03. The van der Waals surface area contributed by atoms with Crippen molar-refractivity contribution in [3.05, 3.63) is 66.9 Å². The molecule has 0 amide bonds. The monoisotopic (exact) mass is 281 g/mol. The summed E-state index contributed by atoms with van der Waals surface area (Å²) in [4.78, 5) is 0. The molecule has 3 aromatic rings. The van der Waals surface area contributed by atoms with Crippen LogP contribution in [0, 0.1) is 0 Å².